The molecule has 0 radical (unpaired) electrons. The minimum absolute atomic E-state index is 0.585. The van der Waals surface area contributed by atoms with Gasteiger partial charge in [0.15, 0.2) is 0 Å². The zero-order valence-electron chi connectivity index (χ0n) is 23.7. The third-order valence-corrected chi connectivity index (χ3v) is 7.97. The number of hydrogen-bond acceptors (Lipinski definition) is 3. The van der Waals surface area contributed by atoms with Gasteiger partial charge in [-0.05, 0) is 48.5 Å². The zero-order valence-corrected chi connectivity index (χ0v) is 23.7. The summed E-state index contributed by atoms with van der Waals surface area (Å²) in [7, 11) is 0. The van der Waals surface area contributed by atoms with Crippen molar-refractivity contribution >= 4 is 17.1 Å². The summed E-state index contributed by atoms with van der Waals surface area (Å²) in [6.07, 6.45) is 0. The average molecular weight is 546 g/mol. The van der Waals surface area contributed by atoms with Gasteiger partial charge in [-0.25, -0.2) is 0 Å². The van der Waals surface area contributed by atoms with Gasteiger partial charge < -0.3 is 14.4 Å². The van der Waals surface area contributed by atoms with E-state index in [1.54, 1.807) is 0 Å². The Kier molecular flexibility index (Phi) is 6.48. The van der Waals surface area contributed by atoms with Gasteiger partial charge in [0.25, 0.3) is 0 Å². The lowest BCUT2D eigenvalue weighted by atomic mass is 9.62. The summed E-state index contributed by atoms with van der Waals surface area (Å²) in [6.45, 7) is 4.00. The summed E-state index contributed by atoms with van der Waals surface area (Å²) < 4.78 is 13.2. The van der Waals surface area contributed by atoms with Crippen LogP contribution in [0, 0.1) is 0 Å². The van der Waals surface area contributed by atoms with Crippen LogP contribution in [-0.2, 0) is 5.41 Å². The maximum absolute atomic E-state index is 6.73. The molecule has 42 heavy (non-hydrogen) atoms. The standard InChI is InChI=1S/C37H25NO2.C2H6/c1-3-13-26(14-4-1)38(27-15-5-2-6-16-27)28-23-24-32-36(25-28)40-35-22-12-9-19-31(35)37(32)29-17-7-10-20-33(29)39-34-21-11-8-18-30(34)37;1-2/h1-25H;1-2H3. The maximum atomic E-state index is 6.73. The Hall–Kier alpha value is -5.28. The first-order valence-corrected chi connectivity index (χ1v) is 14.5. The SMILES string of the molecule is CC.c1ccc(N(c2ccccc2)c2ccc3c(c2)Oc2ccccc2C32c3ccccc3Oc3ccccc32)cc1. The minimum Gasteiger partial charge on any atom is -0.457 e. The second-order valence-electron chi connectivity index (χ2n) is 10.1. The molecule has 2 aliphatic rings. The Balaban J connectivity index is 0.00000141. The third kappa shape index (κ3) is 3.89. The Morgan fingerprint density at radius 1 is 0.381 bits per heavy atom. The molecule has 0 aromatic heterocycles. The zero-order chi connectivity index (χ0) is 28.5. The van der Waals surface area contributed by atoms with Crippen LogP contribution in [0.1, 0.15) is 36.1 Å². The molecule has 204 valence electrons. The molecule has 2 heterocycles. The average Bonchev–Trinajstić information content (AvgIpc) is 3.07. The van der Waals surface area contributed by atoms with Crippen molar-refractivity contribution in [3.8, 4) is 23.0 Å². The van der Waals surface area contributed by atoms with E-state index in [1.165, 1.54) is 0 Å². The molecule has 8 rings (SSSR count). The topological polar surface area (TPSA) is 21.7 Å². The van der Waals surface area contributed by atoms with E-state index in [1.807, 2.05) is 44.2 Å². The molecule has 3 heteroatoms. The van der Waals surface area contributed by atoms with Crippen molar-refractivity contribution < 1.29 is 9.47 Å². The van der Waals surface area contributed by atoms with Crippen molar-refractivity contribution in [2.24, 2.45) is 0 Å². The first kappa shape index (κ1) is 25.7. The number of anilines is 3. The second kappa shape index (κ2) is 10.6. The molecule has 0 saturated carbocycles. The first-order valence-electron chi connectivity index (χ1n) is 14.5. The number of rotatable bonds is 3. The first-order chi connectivity index (χ1) is 20.8. The lowest BCUT2D eigenvalue weighted by molar-refractivity contribution is 0.399. The molecule has 0 fully saturated rings. The van der Waals surface area contributed by atoms with Crippen LogP contribution < -0.4 is 14.4 Å². The van der Waals surface area contributed by atoms with Crippen LogP contribution in [0.25, 0.3) is 0 Å². The highest BCUT2D eigenvalue weighted by atomic mass is 16.5. The van der Waals surface area contributed by atoms with E-state index in [9.17, 15) is 0 Å². The van der Waals surface area contributed by atoms with E-state index >= 15 is 0 Å². The number of nitrogens with zero attached hydrogens (tertiary/aromatic N) is 1. The van der Waals surface area contributed by atoms with E-state index in [2.05, 4.69) is 126 Å². The molecule has 0 bridgehead atoms. The van der Waals surface area contributed by atoms with Crippen LogP contribution in [-0.4, -0.2) is 0 Å². The number of ether oxygens (including phenoxy) is 2. The van der Waals surface area contributed by atoms with Gasteiger partial charge in [0.1, 0.15) is 23.0 Å². The Morgan fingerprint density at radius 3 is 1.24 bits per heavy atom. The van der Waals surface area contributed by atoms with E-state index in [0.717, 1.165) is 62.3 Å². The molecule has 3 nitrogen and oxygen atoms in total. The van der Waals surface area contributed by atoms with E-state index in [0.29, 0.717) is 0 Å². The molecule has 6 aromatic carbocycles. The molecule has 0 saturated heterocycles. The number of para-hydroxylation sites is 5. The quantitative estimate of drug-likeness (QED) is 0.220. The van der Waals surface area contributed by atoms with Crippen molar-refractivity contribution in [3.05, 3.63) is 174 Å². The fraction of sp³-hybridized carbons (Fsp3) is 0.0769. The molecule has 1 spiro atoms. The van der Waals surface area contributed by atoms with Crippen LogP contribution in [0.4, 0.5) is 17.1 Å². The van der Waals surface area contributed by atoms with Gasteiger partial charge in [0.05, 0.1) is 5.41 Å². The number of benzene rings is 6. The van der Waals surface area contributed by atoms with Crippen LogP contribution in [0.5, 0.6) is 23.0 Å². The number of hydrogen-bond donors (Lipinski definition) is 0. The summed E-state index contributed by atoms with van der Waals surface area (Å²) in [5, 5.41) is 0. The largest absolute Gasteiger partial charge is 0.457 e. The van der Waals surface area contributed by atoms with E-state index < -0.39 is 5.41 Å². The highest BCUT2D eigenvalue weighted by molar-refractivity contribution is 5.81. The molecule has 0 amide bonds. The summed E-state index contributed by atoms with van der Waals surface area (Å²) in [6, 6.07) is 52.7. The maximum Gasteiger partial charge on any atom is 0.134 e. The van der Waals surface area contributed by atoms with Crippen LogP contribution in [0.2, 0.25) is 0 Å². The summed E-state index contributed by atoms with van der Waals surface area (Å²) in [4.78, 5) is 2.27. The highest BCUT2D eigenvalue weighted by Crippen LogP contribution is 2.61. The Morgan fingerprint density at radius 2 is 0.762 bits per heavy atom. The monoisotopic (exact) mass is 545 g/mol. The normalized spacial score (nSPS) is 13.1. The molecule has 6 aromatic rings. The van der Waals surface area contributed by atoms with Gasteiger partial charge in [-0.3, -0.25) is 0 Å². The van der Waals surface area contributed by atoms with Gasteiger partial charge in [0, 0.05) is 45.4 Å². The second-order valence-corrected chi connectivity index (χ2v) is 10.1. The smallest absolute Gasteiger partial charge is 0.134 e. The molecular weight excluding hydrogens is 514 g/mol. The fourth-order valence-electron chi connectivity index (χ4n) is 6.35. The fourth-order valence-corrected chi connectivity index (χ4v) is 6.35. The summed E-state index contributed by atoms with van der Waals surface area (Å²) in [5.74, 6) is 3.41. The minimum atomic E-state index is -0.585. The van der Waals surface area contributed by atoms with Gasteiger partial charge in [0.2, 0.25) is 0 Å². The highest BCUT2D eigenvalue weighted by Gasteiger charge is 2.50. The third-order valence-electron chi connectivity index (χ3n) is 7.97. The molecule has 0 unspecified atom stereocenters. The summed E-state index contributed by atoms with van der Waals surface area (Å²) >= 11 is 0. The van der Waals surface area contributed by atoms with Gasteiger partial charge in [-0.1, -0.05) is 111 Å². The molecule has 2 aliphatic heterocycles. The molecule has 0 atom stereocenters. The lowest BCUT2D eigenvalue weighted by Crippen LogP contribution is -2.36. The predicted molar refractivity (Wildman–Crippen MR) is 171 cm³/mol. The summed E-state index contributed by atoms with van der Waals surface area (Å²) in [5.41, 5.74) is 7.05. The molecule has 0 N–H and O–H groups in total. The van der Waals surface area contributed by atoms with E-state index in [-0.39, 0.29) is 0 Å². The van der Waals surface area contributed by atoms with Crippen molar-refractivity contribution in [1.82, 2.24) is 0 Å². The Bertz CT molecular complexity index is 1760. The lowest BCUT2D eigenvalue weighted by Gasteiger charge is -2.45. The van der Waals surface area contributed by atoms with Crippen LogP contribution in [0.15, 0.2) is 152 Å². The number of fused-ring (bicyclic) bond motifs is 8. The predicted octanol–water partition coefficient (Wildman–Crippen LogP) is 10.8. The van der Waals surface area contributed by atoms with Crippen molar-refractivity contribution in [2.45, 2.75) is 19.3 Å². The van der Waals surface area contributed by atoms with Gasteiger partial charge >= 0.3 is 0 Å². The van der Waals surface area contributed by atoms with Crippen molar-refractivity contribution in [3.63, 3.8) is 0 Å². The van der Waals surface area contributed by atoms with Gasteiger partial charge in [-0.15, -0.1) is 0 Å². The van der Waals surface area contributed by atoms with Crippen molar-refractivity contribution in [2.75, 3.05) is 4.90 Å². The van der Waals surface area contributed by atoms with Crippen LogP contribution >= 0.6 is 0 Å². The molecule has 0 aliphatic carbocycles. The Labute approximate surface area is 247 Å². The van der Waals surface area contributed by atoms with E-state index in [4.69, 9.17) is 9.47 Å². The van der Waals surface area contributed by atoms with Gasteiger partial charge in [-0.2, -0.15) is 0 Å². The van der Waals surface area contributed by atoms with Crippen LogP contribution in [0.3, 0.4) is 0 Å². The molecular formula is C39H31NO2. The van der Waals surface area contributed by atoms with Crippen molar-refractivity contribution in [1.29, 1.82) is 0 Å².